The normalized spacial score (nSPS) is 25.6. The van der Waals surface area contributed by atoms with Gasteiger partial charge in [-0.25, -0.2) is 0 Å². The van der Waals surface area contributed by atoms with Gasteiger partial charge in [-0.3, -0.25) is 19.3 Å². The lowest BCUT2D eigenvalue weighted by Gasteiger charge is -2.49. The van der Waals surface area contributed by atoms with E-state index in [1.807, 2.05) is 13.0 Å². The van der Waals surface area contributed by atoms with Gasteiger partial charge in [0, 0.05) is 24.6 Å². The van der Waals surface area contributed by atoms with Crippen molar-refractivity contribution in [3.63, 3.8) is 0 Å². The summed E-state index contributed by atoms with van der Waals surface area (Å²) >= 11 is 1.24. The number of aryl methyl sites for hydroxylation is 1. The second-order valence-electron chi connectivity index (χ2n) is 10.1. The van der Waals surface area contributed by atoms with Crippen molar-refractivity contribution in [3.8, 4) is 21.9 Å². The second kappa shape index (κ2) is 8.85. The van der Waals surface area contributed by atoms with E-state index in [-0.39, 0.29) is 23.1 Å². The molecule has 6 N–H and O–H groups in total. The number of fused-ring (bicyclic) bond motifs is 3. The Morgan fingerprint density at radius 1 is 1.18 bits per heavy atom. The third-order valence-corrected chi connectivity index (χ3v) is 8.87. The number of hydrogen-bond acceptors (Lipinski definition) is 11. The number of phenolic OH excluding ortho intramolecular Hbond substituents is 2. The van der Waals surface area contributed by atoms with Crippen LogP contribution in [0.25, 0.3) is 21.2 Å². The van der Waals surface area contributed by atoms with Gasteiger partial charge in [-0.2, -0.15) is 4.37 Å². The third kappa shape index (κ3) is 3.52. The first kappa shape index (κ1) is 25.4. The quantitative estimate of drug-likeness (QED) is 0.298. The molecule has 202 valence electrons. The number of nitrogens with two attached hydrogens (primary N) is 1. The number of carbonyl (C=O) groups is 3. The molecule has 3 unspecified atom stereocenters. The largest absolute Gasteiger partial charge is 0.508 e. The van der Waals surface area contributed by atoms with E-state index in [1.165, 1.54) is 17.6 Å². The molecule has 0 spiro atoms. The number of aliphatic hydroxyl groups excluding tert-OH is 1. The Labute approximate surface area is 225 Å². The lowest BCUT2D eigenvalue weighted by molar-refractivity contribution is -0.136. The van der Waals surface area contributed by atoms with E-state index < -0.39 is 52.1 Å². The van der Waals surface area contributed by atoms with Crippen molar-refractivity contribution in [2.75, 3.05) is 26.3 Å². The number of hydrogen-bond donors (Lipinski definition) is 5. The van der Waals surface area contributed by atoms with Gasteiger partial charge in [0.25, 0.3) is 5.91 Å². The van der Waals surface area contributed by atoms with Crippen LogP contribution in [0.5, 0.6) is 11.5 Å². The second-order valence-corrected chi connectivity index (χ2v) is 10.9. The molecule has 6 rings (SSSR count). The van der Waals surface area contributed by atoms with Gasteiger partial charge in [0.2, 0.25) is 5.78 Å². The summed E-state index contributed by atoms with van der Waals surface area (Å²) in [7, 11) is 0. The van der Waals surface area contributed by atoms with Gasteiger partial charge in [-0.1, -0.05) is 0 Å². The third-order valence-electron chi connectivity index (χ3n) is 7.96. The molecule has 12 heteroatoms. The monoisotopic (exact) mass is 551 g/mol. The number of rotatable bonds is 3. The van der Waals surface area contributed by atoms with E-state index >= 15 is 0 Å². The van der Waals surface area contributed by atoms with Gasteiger partial charge in [0.15, 0.2) is 11.4 Å². The number of nitrogens with zero attached hydrogens (tertiary/aromatic N) is 2. The smallest absolute Gasteiger partial charge is 0.255 e. The number of phenols is 2. The molecule has 3 aromatic rings. The van der Waals surface area contributed by atoms with Crippen LogP contribution in [0.4, 0.5) is 0 Å². The van der Waals surface area contributed by atoms with Crippen LogP contribution >= 0.6 is 11.5 Å². The van der Waals surface area contributed by atoms with Crippen molar-refractivity contribution < 1.29 is 39.5 Å². The highest BCUT2D eigenvalue weighted by Crippen LogP contribution is 2.51. The average Bonchev–Trinajstić information content (AvgIpc) is 3.32. The van der Waals surface area contributed by atoms with Crippen molar-refractivity contribution >= 4 is 39.8 Å². The Morgan fingerprint density at radius 2 is 1.90 bits per heavy atom. The molecule has 0 radical (unpaired) electrons. The number of aromatic nitrogens is 1. The number of Topliss-reactive ketones (excluding diaryl/α,β-unsaturated/α-hetero) is 2. The molecule has 11 nitrogen and oxygen atoms in total. The van der Waals surface area contributed by atoms with Crippen molar-refractivity contribution in [2.45, 2.75) is 25.0 Å². The van der Waals surface area contributed by atoms with Crippen LogP contribution in [0, 0.1) is 12.8 Å². The van der Waals surface area contributed by atoms with Crippen LogP contribution in [0.2, 0.25) is 0 Å². The number of carbonyl (C=O) groups excluding carboxylic acids is 3. The van der Waals surface area contributed by atoms with E-state index in [1.54, 1.807) is 17.0 Å². The molecule has 2 aromatic carbocycles. The summed E-state index contributed by atoms with van der Waals surface area (Å²) in [5.41, 5.74) is 3.37. The Balaban J connectivity index is 1.61. The molecule has 2 aliphatic carbocycles. The summed E-state index contributed by atoms with van der Waals surface area (Å²) in [6.07, 6.45) is -0.0955. The van der Waals surface area contributed by atoms with Gasteiger partial charge in [0.1, 0.15) is 22.8 Å². The lowest BCUT2D eigenvalue weighted by atomic mass is 9.61. The number of aliphatic hydroxyl groups is 2. The topological polar surface area (TPSA) is 184 Å². The van der Waals surface area contributed by atoms with E-state index in [0.717, 1.165) is 10.6 Å². The first-order valence-corrected chi connectivity index (χ1v) is 13.1. The zero-order chi connectivity index (χ0) is 27.8. The first-order chi connectivity index (χ1) is 18.6. The lowest BCUT2D eigenvalue weighted by Crippen LogP contribution is -2.66. The van der Waals surface area contributed by atoms with Crippen molar-refractivity contribution in [2.24, 2.45) is 11.7 Å². The fraction of sp³-hybridized carbons (Fsp3) is 0.333. The van der Waals surface area contributed by atoms with Gasteiger partial charge < -0.3 is 30.9 Å². The van der Waals surface area contributed by atoms with Crippen LogP contribution in [0.15, 0.2) is 35.6 Å². The predicted octanol–water partition coefficient (Wildman–Crippen LogP) is 1.35. The van der Waals surface area contributed by atoms with Gasteiger partial charge >= 0.3 is 0 Å². The number of aromatic hydroxyl groups is 2. The van der Waals surface area contributed by atoms with E-state index in [2.05, 4.69) is 4.37 Å². The molecule has 3 aliphatic rings. The van der Waals surface area contributed by atoms with Crippen LogP contribution in [-0.4, -0.2) is 85.1 Å². The Kier molecular flexibility index (Phi) is 5.77. The summed E-state index contributed by atoms with van der Waals surface area (Å²) in [6, 6.07) is 5.43. The Morgan fingerprint density at radius 3 is 2.54 bits per heavy atom. The Bertz CT molecular complexity index is 1620. The number of primary amides is 1. The highest BCUT2D eigenvalue weighted by molar-refractivity contribution is 7.09. The van der Waals surface area contributed by atoms with Crippen molar-refractivity contribution in [1.29, 1.82) is 0 Å². The number of morpholine rings is 1. The molecule has 39 heavy (non-hydrogen) atoms. The molecule has 2 heterocycles. The van der Waals surface area contributed by atoms with Gasteiger partial charge in [-0.05, 0) is 60.1 Å². The highest BCUT2D eigenvalue weighted by Gasteiger charge is 2.62. The number of ketones is 2. The number of amides is 1. The molecular formula is C27H25N3O8S. The molecule has 1 aliphatic heterocycles. The maximum atomic E-state index is 14.0. The molecule has 1 fully saturated rings. The minimum absolute atomic E-state index is 0.0112. The van der Waals surface area contributed by atoms with Crippen LogP contribution < -0.4 is 5.73 Å². The molecule has 0 saturated carbocycles. The van der Waals surface area contributed by atoms with E-state index in [0.29, 0.717) is 42.8 Å². The zero-order valence-electron chi connectivity index (χ0n) is 20.8. The molecule has 1 aromatic heterocycles. The maximum Gasteiger partial charge on any atom is 0.255 e. The summed E-state index contributed by atoms with van der Waals surface area (Å²) in [5, 5.41) is 45.4. The molecule has 0 bridgehead atoms. The van der Waals surface area contributed by atoms with Crippen LogP contribution in [0.1, 0.15) is 21.6 Å². The zero-order valence-corrected chi connectivity index (χ0v) is 21.6. The number of ether oxygens (including phenoxy) is 1. The predicted molar refractivity (Wildman–Crippen MR) is 140 cm³/mol. The Hall–Kier alpha value is -3.84. The molecular weight excluding hydrogens is 526 g/mol. The minimum Gasteiger partial charge on any atom is -0.508 e. The standard InChI is InChI=1S/C27H25N3O8S/c1-11-8-17(39-29-11)13-2-3-16(31)19-14(13)9-12-10-15-21(30-4-6-38-7-5-30)23(33)20(26(28)36)25(35)27(15,37)24(34)18(12)22(19)32/h2-3,8-9,15,21,31-32,35,37H,4-7,10H2,1H3,(H2,28,36). The fourth-order valence-corrected chi connectivity index (χ4v) is 6.96. The fourth-order valence-electron chi connectivity index (χ4n) is 6.17. The average molecular weight is 552 g/mol. The van der Waals surface area contributed by atoms with Gasteiger partial charge in [0.05, 0.1) is 40.8 Å². The molecule has 1 amide bonds. The van der Waals surface area contributed by atoms with Crippen molar-refractivity contribution in [3.05, 3.63) is 52.4 Å². The minimum atomic E-state index is -2.71. The summed E-state index contributed by atoms with van der Waals surface area (Å²) in [6.45, 7) is 3.02. The van der Waals surface area contributed by atoms with Crippen LogP contribution in [-0.2, 0) is 20.7 Å². The molecule has 1 saturated heterocycles. The SMILES string of the molecule is Cc1cc(-c2ccc(O)c3c(O)c4c(cc23)CC2C(N3CCOCC3)C(=O)C(C(N)=O)=C(O)C2(O)C4=O)sn1. The summed E-state index contributed by atoms with van der Waals surface area (Å²) in [5.74, 6) is -6.32. The summed E-state index contributed by atoms with van der Waals surface area (Å²) < 4.78 is 9.71. The summed E-state index contributed by atoms with van der Waals surface area (Å²) in [4.78, 5) is 42.3. The van der Waals surface area contributed by atoms with E-state index in [4.69, 9.17) is 10.5 Å². The van der Waals surface area contributed by atoms with Crippen LogP contribution in [0.3, 0.4) is 0 Å². The maximum absolute atomic E-state index is 14.0. The number of benzene rings is 2. The van der Waals surface area contributed by atoms with E-state index in [9.17, 15) is 34.8 Å². The van der Waals surface area contributed by atoms with Gasteiger partial charge in [-0.15, -0.1) is 0 Å². The molecule has 3 atom stereocenters. The first-order valence-electron chi connectivity index (χ1n) is 12.4. The highest BCUT2D eigenvalue weighted by atomic mass is 32.1. The van der Waals surface area contributed by atoms with Crippen molar-refractivity contribution in [1.82, 2.24) is 9.27 Å².